The third-order valence-corrected chi connectivity index (χ3v) is 4.80. The molecule has 1 aromatic rings. The lowest BCUT2D eigenvalue weighted by molar-refractivity contribution is -0.140. The van der Waals surface area contributed by atoms with Crippen molar-refractivity contribution in [1.82, 2.24) is 4.31 Å². The van der Waals surface area contributed by atoms with E-state index in [1.165, 1.54) is 19.2 Å². The molecule has 0 saturated heterocycles. The van der Waals surface area contributed by atoms with Crippen LogP contribution in [0.25, 0.3) is 0 Å². The van der Waals surface area contributed by atoms with E-state index in [0.29, 0.717) is 0 Å². The van der Waals surface area contributed by atoms with Crippen LogP contribution in [0.1, 0.15) is 6.92 Å². The largest absolute Gasteiger partial charge is 0.468 e. The number of likely N-dealkylation sites (N-methyl/N-ethyl adjacent to an activating group) is 1. The molecule has 0 N–H and O–H groups in total. The number of esters is 1. The van der Waals surface area contributed by atoms with Crippen molar-refractivity contribution in [3.8, 4) is 0 Å². The Labute approximate surface area is 115 Å². The molecule has 0 bridgehead atoms. The number of halogens is 1. The highest BCUT2D eigenvalue weighted by molar-refractivity contribution is 9.10. The van der Waals surface area contributed by atoms with Crippen LogP contribution in [0.5, 0.6) is 0 Å². The minimum atomic E-state index is -3.66. The van der Waals surface area contributed by atoms with E-state index in [0.717, 1.165) is 8.78 Å². The van der Waals surface area contributed by atoms with E-state index >= 15 is 0 Å². The summed E-state index contributed by atoms with van der Waals surface area (Å²) in [7, 11) is -2.44. The van der Waals surface area contributed by atoms with Gasteiger partial charge < -0.3 is 4.74 Å². The van der Waals surface area contributed by atoms with Gasteiger partial charge in [0.15, 0.2) is 0 Å². The van der Waals surface area contributed by atoms with Gasteiger partial charge in [-0.05, 0) is 24.3 Å². The van der Waals surface area contributed by atoms with Crippen LogP contribution in [0.3, 0.4) is 0 Å². The van der Waals surface area contributed by atoms with Crippen molar-refractivity contribution >= 4 is 31.9 Å². The minimum absolute atomic E-state index is 0.149. The van der Waals surface area contributed by atoms with Crippen molar-refractivity contribution < 1.29 is 17.9 Å². The lowest BCUT2D eigenvalue weighted by atomic mass is 10.4. The second-order valence-corrected chi connectivity index (χ2v) is 6.31. The first-order valence-electron chi connectivity index (χ1n) is 5.24. The number of methoxy groups -OCH3 is 1. The Bertz CT molecular complexity index is 512. The van der Waals surface area contributed by atoms with E-state index in [9.17, 15) is 13.2 Å². The average Bonchev–Trinajstić information content (AvgIpc) is 2.35. The zero-order chi connectivity index (χ0) is 13.8. The maximum atomic E-state index is 12.2. The van der Waals surface area contributed by atoms with E-state index in [4.69, 9.17) is 0 Å². The molecule has 0 aliphatic heterocycles. The molecule has 7 heteroatoms. The zero-order valence-electron chi connectivity index (χ0n) is 10.1. The van der Waals surface area contributed by atoms with Gasteiger partial charge in [-0.25, -0.2) is 8.42 Å². The summed E-state index contributed by atoms with van der Waals surface area (Å²) in [6, 6.07) is 6.25. The molecule has 0 fully saturated rings. The summed E-state index contributed by atoms with van der Waals surface area (Å²) in [6.45, 7) is 1.58. The second-order valence-electron chi connectivity index (χ2n) is 3.46. The maximum absolute atomic E-state index is 12.2. The molecule has 100 valence electrons. The van der Waals surface area contributed by atoms with Gasteiger partial charge in [-0.3, -0.25) is 4.79 Å². The van der Waals surface area contributed by atoms with Crippen LogP contribution in [0, 0.1) is 0 Å². The van der Waals surface area contributed by atoms with E-state index in [-0.39, 0.29) is 18.0 Å². The number of hydrogen-bond donors (Lipinski definition) is 0. The van der Waals surface area contributed by atoms with Crippen molar-refractivity contribution in [2.45, 2.75) is 11.8 Å². The number of benzene rings is 1. The predicted molar refractivity (Wildman–Crippen MR) is 70.6 cm³/mol. The number of carbonyl (C=O) groups excluding carboxylic acids is 1. The van der Waals surface area contributed by atoms with Gasteiger partial charge in [0.2, 0.25) is 10.0 Å². The van der Waals surface area contributed by atoms with Crippen molar-refractivity contribution in [3.63, 3.8) is 0 Å². The first-order chi connectivity index (χ1) is 8.41. The summed E-state index contributed by atoms with van der Waals surface area (Å²) in [4.78, 5) is 11.3. The summed E-state index contributed by atoms with van der Waals surface area (Å²) in [5, 5.41) is 0. The van der Waals surface area contributed by atoms with E-state index in [2.05, 4.69) is 20.7 Å². The summed E-state index contributed by atoms with van der Waals surface area (Å²) in [5.74, 6) is -0.586. The van der Waals surface area contributed by atoms with Crippen molar-refractivity contribution in [1.29, 1.82) is 0 Å². The molecule has 0 atom stereocenters. The van der Waals surface area contributed by atoms with Crippen LogP contribution in [0.15, 0.2) is 33.6 Å². The molecule has 0 unspecified atom stereocenters. The lowest BCUT2D eigenvalue weighted by Gasteiger charge is -2.19. The third kappa shape index (κ3) is 3.54. The first-order valence-corrected chi connectivity index (χ1v) is 7.47. The van der Waals surface area contributed by atoms with Gasteiger partial charge in [-0.1, -0.05) is 22.9 Å². The number of sulfonamides is 1. The maximum Gasteiger partial charge on any atom is 0.321 e. The topological polar surface area (TPSA) is 63.7 Å². The molecule has 1 aromatic carbocycles. The quantitative estimate of drug-likeness (QED) is 0.767. The Morgan fingerprint density at radius 1 is 1.33 bits per heavy atom. The van der Waals surface area contributed by atoms with Crippen LogP contribution < -0.4 is 0 Å². The first kappa shape index (κ1) is 15.1. The predicted octanol–water partition coefficient (Wildman–Crippen LogP) is 1.63. The molecule has 18 heavy (non-hydrogen) atoms. The van der Waals surface area contributed by atoms with Crippen molar-refractivity contribution in [2.24, 2.45) is 0 Å². The van der Waals surface area contributed by atoms with Gasteiger partial charge in [0.25, 0.3) is 0 Å². The average molecular weight is 336 g/mol. The summed E-state index contributed by atoms with van der Waals surface area (Å²) in [6.07, 6.45) is 0. The molecule has 0 aliphatic carbocycles. The molecule has 0 saturated carbocycles. The van der Waals surface area contributed by atoms with E-state index < -0.39 is 16.0 Å². The lowest BCUT2D eigenvalue weighted by Crippen LogP contribution is -2.36. The van der Waals surface area contributed by atoms with Gasteiger partial charge >= 0.3 is 5.97 Å². The molecule has 5 nitrogen and oxygen atoms in total. The van der Waals surface area contributed by atoms with Crippen LogP contribution >= 0.6 is 15.9 Å². The summed E-state index contributed by atoms with van der Waals surface area (Å²) < 4.78 is 30.8. The highest BCUT2D eigenvalue weighted by atomic mass is 79.9. The molecular weight excluding hydrogens is 322 g/mol. The van der Waals surface area contributed by atoms with Crippen molar-refractivity contribution in [3.05, 3.63) is 28.7 Å². The fourth-order valence-electron chi connectivity index (χ4n) is 1.33. The summed E-state index contributed by atoms with van der Waals surface area (Å²) in [5.41, 5.74) is 0. The monoisotopic (exact) mass is 335 g/mol. The normalized spacial score (nSPS) is 11.6. The number of nitrogens with zero attached hydrogens (tertiary/aromatic N) is 1. The van der Waals surface area contributed by atoms with Gasteiger partial charge in [0.1, 0.15) is 6.54 Å². The minimum Gasteiger partial charge on any atom is -0.468 e. The Hall–Kier alpha value is -0.920. The Morgan fingerprint density at radius 3 is 2.33 bits per heavy atom. The van der Waals surface area contributed by atoms with E-state index in [1.54, 1.807) is 19.1 Å². The fourth-order valence-corrected chi connectivity index (χ4v) is 2.99. The highest BCUT2D eigenvalue weighted by Crippen LogP contribution is 2.18. The van der Waals surface area contributed by atoms with Crippen molar-refractivity contribution in [2.75, 3.05) is 20.2 Å². The Morgan fingerprint density at radius 2 is 1.89 bits per heavy atom. The second kappa shape index (κ2) is 6.31. The van der Waals surface area contributed by atoms with Gasteiger partial charge in [0.05, 0.1) is 12.0 Å². The molecule has 0 heterocycles. The highest BCUT2D eigenvalue weighted by Gasteiger charge is 2.25. The molecule has 1 rings (SSSR count). The molecular formula is C11H14BrNO4S. The van der Waals surface area contributed by atoms with Crippen LogP contribution in [-0.4, -0.2) is 38.9 Å². The fraction of sp³-hybridized carbons (Fsp3) is 0.364. The number of ether oxygens (including phenoxy) is 1. The molecule has 0 spiro atoms. The SMILES string of the molecule is CCN(CC(=O)OC)S(=O)(=O)c1ccc(Br)cc1. The number of hydrogen-bond acceptors (Lipinski definition) is 4. The Kier molecular flexibility index (Phi) is 5.30. The molecule has 0 aromatic heterocycles. The van der Waals surface area contributed by atoms with Gasteiger partial charge in [-0.2, -0.15) is 4.31 Å². The van der Waals surface area contributed by atoms with Gasteiger partial charge in [-0.15, -0.1) is 0 Å². The molecule has 0 amide bonds. The van der Waals surface area contributed by atoms with Crippen LogP contribution in [0.4, 0.5) is 0 Å². The summed E-state index contributed by atoms with van der Waals surface area (Å²) >= 11 is 3.24. The molecule has 0 radical (unpaired) electrons. The third-order valence-electron chi connectivity index (χ3n) is 2.34. The van der Waals surface area contributed by atoms with Crippen LogP contribution in [-0.2, 0) is 19.6 Å². The smallest absolute Gasteiger partial charge is 0.321 e. The van der Waals surface area contributed by atoms with Crippen LogP contribution in [0.2, 0.25) is 0 Å². The van der Waals surface area contributed by atoms with E-state index in [1.807, 2.05) is 0 Å². The zero-order valence-corrected chi connectivity index (χ0v) is 12.5. The Balaban J connectivity index is 3.03. The van der Waals surface area contributed by atoms with Gasteiger partial charge in [0, 0.05) is 11.0 Å². The number of rotatable bonds is 5. The standard InChI is InChI=1S/C11H14BrNO4S/c1-3-13(8-11(14)17-2)18(15,16)10-6-4-9(12)5-7-10/h4-7H,3,8H2,1-2H3. The molecule has 0 aliphatic rings. The number of carbonyl (C=O) groups is 1.